The van der Waals surface area contributed by atoms with Gasteiger partial charge in [0.25, 0.3) is 0 Å². The van der Waals surface area contributed by atoms with E-state index in [-0.39, 0.29) is 31.9 Å². The molecule has 0 heterocycles. The van der Waals surface area contributed by atoms with Gasteiger partial charge in [0.1, 0.15) is 7.81 Å². The van der Waals surface area contributed by atoms with Crippen LogP contribution in [0.4, 0.5) is 0 Å². The van der Waals surface area contributed by atoms with Crippen LogP contribution in [0.2, 0.25) is 0 Å². The molecule has 5 heavy (non-hydrogen) atoms. The Morgan fingerprint density at radius 3 is 1.60 bits per heavy atom. The van der Waals surface area contributed by atoms with Crippen molar-refractivity contribution in [3.8, 4) is 0 Å². The van der Waals surface area contributed by atoms with Crippen LogP contribution in [0.5, 0.6) is 0 Å². The quantitative estimate of drug-likeness (QED) is 0.412. The van der Waals surface area contributed by atoms with Gasteiger partial charge in [0, 0.05) is 19.5 Å². The summed E-state index contributed by atoms with van der Waals surface area (Å²) in [4.78, 5) is 0. The molecule has 0 aliphatic rings. The molecule has 0 aliphatic heterocycles. The molecular formula is H3Cl2OPZn. The Kier molecular flexibility index (Phi) is 58.1. The summed E-state index contributed by atoms with van der Waals surface area (Å²) in [6.07, 6.45) is 0. The average molecular weight is 186 g/mol. The van der Waals surface area contributed by atoms with Gasteiger partial charge in [-0.1, -0.05) is 11.2 Å². The molecule has 1 atom stereocenters. The monoisotopic (exact) mass is 184 g/mol. The molecule has 0 N–H and O–H groups in total. The predicted molar refractivity (Wildman–Crippen MR) is 23.5 cm³/mol. The zero-order valence-electron chi connectivity index (χ0n) is 2.48. The third-order valence-electron chi connectivity index (χ3n) is 0. The number of halogens is 2. The molecule has 1 nitrogen and oxygen atoms in total. The van der Waals surface area contributed by atoms with Gasteiger partial charge in [-0.15, -0.1) is 12.4 Å². The molecule has 0 spiro atoms. The molecule has 0 radical (unpaired) electrons. The van der Waals surface area contributed by atoms with Crippen molar-refractivity contribution in [2.75, 3.05) is 0 Å². The van der Waals surface area contributed by atoms with Crippen LogP contribution in [0.3, 0.4) is 0 Å². The topological polar surface area (TPSA) is 17.1 Å². The molecule has 0 rings (SSSR count). The zero-order valence-corrected chi connectivity index (χ0v) is 8.17. The zero-order chi connectivity index (χ0) is 2.71. The molecule has 0 bridgehead atoms. The Morgan fingerprint density at radius 2 is 1.60 bits per heavy atom. The van der Waals surface area contributed by atoms with Crippen molar-refractivity contribution in [2.24, 2.45) is 0 Å². The maximum absolute atomic E-state index is 8.78. The average Bonchev–Trinajstić information content (AvgIpc) is 0.918. The molecule has 0 amide bonds. The standard InChI is InChI=1S/ClH2OP.ClH.Zn/c1-3-2;;/h3H2;1H;. The first-order chi connectivity index (χ1) is 1.41. The third-order valence-corrected chi connectivity index (χ3v) is 0. The summed E-state index contributed by atoms with van der Waals surface area (Å²) < 4.78 is 8.78. The minimum absolute atomic E-state index is 0. The van der Waals surface area contributed by atoms with Gasteiger partial charge in [-0.05, 0) is 0 Å². The second-order valence-corrected chi connectivity index (χ2v) is 0.802. The van der Waals surface area contributed by atoms with Gasteiger partial charge in [0.05, 0.1) is 0 Å². The molecule has 0 aromatic rings. The Bertz CT molecular complexity index is 17.1. The summed E-state index contributed by atoms with van der Waals surface area (Å²) in [5.41, 5.74) is 0. The van der Waals surface area contributed by atoms with Crippen LogP contribution < -0.4 is 0 Å². The van der Waals surface area contributed by atoms with Gasteiger partial charge in [-0.25, -0.2) is 0 Å². The smallest absolute Gasteiger partial charge is 0.146 e. The molecule has 0 saturated carbocycles. The first-order valence-electron chi connectivity index (χ1n) is 0.454. The molecular weight excluding hydrogens is 183 g/mol. The maximum Gasteiger partial charge on any atom is 0.146 e. The Balaban J connectivity index is -0.0000000200. The van der Waals surface area contributed by atoms with Crippen molar-refractivity contribution >= 4 is 31.5 Å². The summed E-state index contributed by atoms with van der Waals surface area (Å²) >= 11 is 4.53. The molecule has 5 heteroatoms. The summed E-state index contributed by atoms with van der Waals surface area (Å²) in [7, 11) is -1.03. The van der Waals surface area contributed by atoms with Crippen LogP contribution in [0.15, 0.2) is 0 Å². The van der Waals surface area contributed by atoms with E-state index < -0.39 is 7.81 Å². The van der Waals surface area contributed by atoms with E-state index in [4.69, 9.17) is 4.57 Å². The van der Waals surface area contributed by atoms with Gasteiger partial charge >= 0.3 is 0 Å². The summed E-state index contributed by atoms with van der Waals surface area (Å²) in [5.74, 6) is 0. The van der Waals surface area contributed by atoms with E-state index in [1.54, 1.807) is 0 Å². The number of rotatable bonds is 0. The minimum atomic E-state index is -1.03. The van der Waals surface area contributed by atoms with Crippen LogP contribution in [0.1, 0.15) is 0 Å². The van der Waals surface area contributed by atoms with Crippen LogP contribution in [-0.4, -0.2) is 0 Å². The minimum Gasteiger partial charge on any atom is -0.313 e. The Morgan fingerprint density at radius 1 is 1.60 bits per heavy atom. The van der Waals surface area contributed by atoms with Crippen LogP contribution in [0.25, 0.3) is 0 Å². The van der Waals surface area contributed by atoms with Crippen molar-refractivity contribution in [3.63, 3.8) is 0 Å². The normalized spacial score (nSPS) is 5.80. The molecule has 0 aromatic heterocycles. The fraction of sp³-hybridized carbons (Fsp3) is 0. The fourth-order valence-corrected chi connectivity index (χ4v) is 0. The number of hydrogen-bond donors (Lipinski definition) is 0. The van der Waals surface area contributed by atoms with Crippen molar-refractivity contribution in [1.29, 1.82) is 0 Å². The van der Waals surface area contributed by atoms with Crippen LogP contribution in [0, 0.1) is 0 Å². The van der Waals surface area contributed by atoms with Gasteiger partial charge in [-0.2, -0.15) is 0 Å². The van der Waals surface area contributed by atoms with Crippen LogP contribution in [-0.2, 0) is 24.0 Å². The first kappa shape index (κ1) is 16.1. The van der Waals surface area contributed by atoms with Crippen molar-refractivity contribution < 1.29 is 24.0 Å². The predicted octanol–water partition coefficient (Wildman–Crippen LogP) is 1.32. The van der Waals surface area contributed by atoms with E-state index in [0.717, 1.165) is 0 Å². The second-order valence-electron chi connectivity index (χ2n) is 0.0891. The number of hydrogen-bond acceptors (Lipinski definition) is 1. The van der Waals surface area contributed by atoms with E-state index in [9.17, 15) is 0 Å². The molecule has 0 aliphatic carbocycles. The van der Waals surface area contributed by atoms with E-state index in [1.165, 1.54) is 0 Å². The van der Waals surface area contributed by atoms with E-state index >= 15 is 0 Å². The van der Waals surface area contributed by atoms with Gasteiger partial charge in [-0.3, -0.25) is 0 Å². The van der Waals surface area contributed by atoms with Gasteiger partial charge in [0.2, 0.25) is 0 Å². The Hall–Kier alpha value is 1.43. The summed E-state index contributed by atoms with van der Waals surface area (Å²) in [6, 6.07) is 0. The van der Waals surface area contributed by atoms with Gasteiger partial charge < -0.3 is 4.57 Å². The SMILES string of the molecule is Cl.O=[PH2]Cl.[Zn]. The summed E-state index contributed by atoms with van der Waals surface area (Å²) in [6.45, 7) is 0. The van der Waals surface area contributed by atoms with Crippen LogP contribution >= 0.6 is 31.5 Å². The molecule has 1 unspecified atom stereocenters. The molecule has 30 valence electrons. The second kappa shape index (κ2) is 18.0. The third kappa shape index (κ3) is 31.2. The van der Waals surface area contributed by atoms with Crippen molar-refractivity contribution in [1.82, 2.24) is 0 Å². The first-order valence-corrected chi connectivity index (χ1v) is 2.67. The largest absolute Gasteiger partial charge is 0.313 e. The molecule has 0 fully saturated rings. The molecule has 0 saturated heterocycles. The Labute approximate surface area is 55.6 Å². The fourth-order valence-electron chi connectivity index (χ4n) is 0. The van der Waals surface area contributed by atoms with E-state index in [0.29, 0.717) is 0 Å². The van der Waals surface area contributed by atoms with Crippen molar-refractivity contribution in [3.05, 3.63) is 0 Å². The van der Waals surface area contributed by atoms with Crippen molar-refractivity contribution in [2.45, 2.75) is 0 Å². The van der Waals surface area contributed by atoms with E-state index in [1.807, 2.05) is 0 Å². The summed E-state index contributed by atoms with van der Waals surface area (Å²) in [5, 5.41) is 0. The maximum atomic E-state index is 8.78. The van der Waals surface area contributed by atoms with E-state index in [2.05, 4.69) is 11.2 Å². The molecule has 0 aromatic carbocycles. The van der Waals surface area contributed by atoms with Gasteiger partial charge in [0.15, 0.2) is 0 Å².